The van der Waals surface area contributed by atoms with Crippen molar-refractivity contribution >= 4 is 12.0 Å². The number of nitrogens with zero attached hydrogens (tertiary/aromatic N) is 1. The maximum atomic E-state index is 13.4. The fraction of sp³-hybridized carbons (Fsp3) is 0.231. The van der Waals surface area contributed by atoms with Gasteiger partial charge in [0.05, 0.1) is 11.6 Å². The summed E-state index contributed by atoms with van der Waals surface area (Å²) in [7, 11) is 0. The highest BCUT2D eigenvalue weighted by molar-refractivity contribution is 5.72. The number of rotatable bonds is 4. The summed E-state index contributed by atoms with van der Waals surface area (Å²) >= 11 is 0. The summed E-state index contributed by atoms with van der Waals surface area (Å²) in [5, 5.41) is 11.2. The molecule has 0 bridgehead atoms. The highest BCUT2D eigenvalue weighted by Gasteiger charge is 1.99. The second-order valence-corrected chi connectivity index (χ2v) is 3.52. The number of nitriles is 1. The Balaban J connectivity index is 2.54. The van der Waals surface area contributed by atoms with Crippen LogP contribution in [0, 0.1) is 17.1 Å². The Morgan fingerprint density at radius 2 is 2.35 bits per heavy atom. The Labute approximate surface area is 99.6 Å². The van der Waals surface area contributed by atoms with Crippen LogP contribution in [0.25, 0.3) is 6.08 Å². The van der Waals surface area contributed by atoms with E-state index in [1.807, 2.05) is 6.07 Å². The molecule has 0 heterocycles. The molecule has 0 saturated heterocycles. The lowest BCUT2D eigenvalue weighted by atomic mass is 10.1. The normalized spacial score (nSPS) is 10.2. The second kappa shape index (κ2) is 6.44. The van der Waals surface area contributed by atoms with Crippen LogP contribution in [0.3, 0.4) is 0 Å². The first-order chi connectivity index (χ1) is 8.13. The van der Waals surface area contributed by atoms with E-state index in [1.54, 1.807) is 24.3 Å². The number of hydrogen-bond acceptors (Lipinski definition) is 2. The minimum absolute atomic E-state index is 0.0806. The molecule has 1 amide bonds. The van der Waals surface area contributed by atoms with Crippen molar-refractivity contribution in [3.05, 3.63) is 41.2 Å². The highest BCUT2D eigenvalue weighted by Crippen LogP contribution is 2.11. The van der Waals surface area contributed by atoms with Gasteiger partial charge in [-0.3, -0.25) is 4.79 Å². The van der Waals surface area contributed by atoms with Gasteiger partial charge in [-0.05, 0) is 18.6 Å². The van der Waals surface area contributed by atoms with Crippen molar-refractivity contribution in [2.45, 2.75) is 13.3 Å². The Hall–Kier alpha value is -2.15. The predicted molar refractivity (Wildman–Crippen MR) is 63.4 cm³/mol. The van der Waals surface area contributed by atoms with Crippen LogP contribution in [0.1, 0.15) is 24.5 Å². The molecule has 4 heteroatoms. The zero-order chi connectivity index (χ0) is 12.7. The Morgan fingerprint density at radius 3 is 2.94 bits per heavy atom. The molecule has 17 heavy (non-hydrogen) atoms. The van der Waals surface area contributed by atoms with Gasteiger partial charge in [0.2, 0.25) is 5.91 Å². The molecule has 1 aromatic carbocycles. The lowest BCUT2D eigenvalue weighted by molar-refractivity contribution is -0.118. The van der Waals surface area contributed by atoms with Gasteiger partial charge in [-0.2, -0.15) is 5.26 Å². The molecule has 0 unspecified atom stereocenters. The number of hydrogen-bond donors (Lipinski definition) is 1. The number of benzene rings is 1. The quantitative estimate of drug-likeness (QED) is 0.809. The molecule has 0 aliphatic heterocycles. The third-order valence-corrected chi connectivity index (χ3v) is 2.11. The van der Waals surface area contributed by atoms with Crippen LogP contribution in [0.2, 0.25) is 0 Å². The van der Waals surface area contributed by atoms with Gasteiger partial charge in [-0.15, -0.1) is 0 Å². The van der Waals surface area contributed by atoms with Gasteiger partial charge in [0.15, 0.2) is 0 Å². The molecule has 1 rings (SSSR count). The van der Waals surface area contributed by atoms with E-state index >= 15 is 0 Å². The van der Waals surface area contributed by atoms with Crippen molar-refractivity contribution < 1.29 is 9.18 Å². The molecule has 0 aromatic heterocycles. The summed E-state index contributed by atoms with van der Waals surface area (Å²) in [5.74, 6) is -0.497. The second-order valence-electron chi connectivity index (χ2n) is 3.52. The van der Waals surface area contributed by atoms with E-state index in [-0.39, 0.29) is 5.91 Å². The van der Waals surface area contributed by atoms with Crippen molar-refractivity contribution in [3.63, 3.8) is 0 Å². The standard InChI is InChI=1S/C13H13FN2O/c1-10(17)16-7-3-2-4-12-6-5-11(9-15)8-13(12)14/h2,4-6,8H,3,7H2,1H3,(H,16,17). The number of amides is 1. The molecule has 0 fully saturated rings. The zero-order valence-electron chi connectivity index (χ0n) is 9.53. The van der Waals surface area contributed by atoms with E-state index in [0.29, 0.717) is 24.1 Å². The molecule has 0 spiro atoms. The molecule has 0 atom stereocenters. The molecule has 0 aliphatic carbocycles. The van der Waals surface area contributed by atoms with E-state index in [2.05, 4.69) is 5.32 Å². The maximum Gasteiger partial charge on any atom is 0.216 e. The summed E-state index contributed by atoms with van der Waals surface area (Å²) in [6.45, 7) is 1.98. The fourth-order valence-corrected chi connectivity index (χ4v) is 1.27. The van der Waals surface area contributed by atoms with Crippen molar-refractivity contribution in [3.8, 4) is 6.07 Å². The largest absolute Gasteiger partial charge is 0.356 e. The molecule has 1 N–H and O–H groups in total. The fourth-order valence-electron chi connectivity index (χ4n) is 1.27. The van der Waals surface area contributed by atoms with E-state index in [0.717, 1.165) is 0 Å². The average Bonchev–Trinajstić information content (AvgIpc) is 2.30. The molecule has 0 aliphatic rings. The van der Waals surface area contributed by atoms with Gasteiger partial charge in [-0.1, -0.05) is 18.2 Å². The van der Waals surface area contributed by atoms with Crippen LogP contribution in [0.15, 0.2) is 24.3 Å². The average molecular weight is 232 g/mol. The van der Waals surface area contributed by atoms with Crippen LogP contribution in [0.5, 0.6) is 0 Å². The van der Waals surface area contributed by atoms with Gasteiger partial charge in [0.1, 0.15) is 5.82 Å². The van der Waals surface area contributed by atoms with Crippen LogP contribution in [-0.2, 0) is 4.79 Å². The summed E-state index contributed by atoms with van der Waals surface area (Å²) in [4.78, 5) is 10.6. The van der Waals surface area contributed by atoms with Gasteiger partial charge in [0, 0.05) is 19.0 Å². The number of nitrogens with one attached hydrogen (secondary N) is 1. The minimum atomic E-state index is -0.417. The smallest absolute Gasteiger partial charge is 0.216 e. The van der Waals surface area contributed by atoms with Crippen molar-refractivity contribution in [2.75, 3.05) is 6.54 Å². The summed E-state index contributed by atoms with van der Waals surface area (Å²) in [6.07, 6.45) is 4.05. The lowest BCUT2D eigenvalue weighted by Crippen LogP contribution is -2.20. The Kier molecular flexibility index (Phi) is 4.89. The van der Waals surface area contributed by atoms with Crippen LogP contribution < -0.4 is 5.32 Å². The number of carbonyl (C=O) groups is 1. The van der Waals surface area contributed by atoms with Crippen molar-refractivity contribution in [1.29, 1.82) is 5.26 Å². The first-order valence-electron chi connectivity index (χ1n) is 5.24. The van der Waals surface area contributed by atoms with Crippen LogP contribution in [0.4, 0.5) is 4.39 Å². The van der Waals surface area contributed by atoms with Gasteiger partial charge >= 0.3 is 0 Å². The lowest BCUT2D eigenvalue weighted by Gasteiger charge is -1.98. The molecular weight excluding hydrogens is 219 g/mol. The molecule has 0 radical (unpaired) electrons. The maximum absolute atomic E-state index is 13.4. The van der Waals surface area contributed by atoms with Gasteiger partial charge in [0.25, 0.3) is 0 Å². The number of carbonyl (C=O) groups excluding carboxylic acids is 1. The monoisotopic (exact) mass is 232 g/mol. The third kappa shape index (κ3) is 4.47. The Morgan fingerprint density at radius 1 is 1.59 bits per heavy atom. The zero-order valence-corrected chi connectivity index (χ0v) is 9.53. The first kappa shape index (κ1) is 12.9. The minimum Gasteiger partial charge on any atom is -0.356 e. The summed E-state index contributed by atoms with van der Waals surface area (Å²) < 4.78 is 13.4. The van der Waals surface area contributed by atoms with E-state index in [1.165, 1.54) is 13.0 Å². The van der Waals surface area contributed by atoms with E-state index in [4.69, 9.17) is 5.26 Å². The molecule has 1 aromatic rings. The SMILES string of the molecule is CC(=O)NCCC=Cc1ccc(C#N)cc1F. The molecule has 88 valence electrons. The first-order valence-corrected chi connectivity index (χ1v) is 5.24. The Bertz CT molecular complexity index is 475. The third-order valence-electron chi connectivity index (χ3n) is 2.11. The van der Waals surface area contributed by atoms with Crippen molar-refractivity contribution in [1.82, 2.24) is 5.32 Å². The van der Waals surface area contributed by atoms with Gasteiger partial charge < -0.3 is 5.32 Å². The van der Waals surface area contributed by atoms with E-state index in [9.17, 15) is 9.18 Å². The van der Waals surface area contributed by atoms with Crippen LogP contribution >= 0.6 is 0 Å². The van der Waals surface area contributed by atoms with Crippen molar-refractivity contribution in [2.24, 2.45) is 0 Å². The van der Waals surface area contributed by atoms with Gasteiger partial charge in [-0.25, -0.2) is 4.39 Å². The molecule has 0 saturated carbocycles. The topological polar surface area (TPSA) is 52.9 Å². The van der Waals surface area contributed by atoms with Crippen LogP contribution in [-0.4, -0.2) is 12.5 Å². The van der Waals surface area contributed by atoms with E-state index < -0.39 is 5.82 Å². The highest BCUT2D eigenvalue weighted by atomic mass is 19.1. The summed E-state index contributed by atoms with van der Waals surface area (Å²) in [5.41, 5.74) is 0.740. The summed E-state index contributed by atoms with van der Waals surface area (Å²) in [6, 6.07) is 6.20. The molecular formula is C13H13FN2O. The predicted octanol–water partition coefficient (Wildman–Crippen LogP) is 2.24. The molecule has 3 nitrogen and oxygen atoms in total. The number of halogens is 1.